The molecular weight excluding hydrogens is 623 g/mol. The first kappa shape index (κ1) is 36.7. The molecule has 258 valence electrons. The fourth-order valence-electron chi connectivity index (χ4n) is 5.84. The lowest BCUT2D eigenvalue weighted by molar-refractivity contribution is -0.142. The molecule has 49 heavy (non-hydrogen) atoms. The summed E-state index contributed by atoms with van der Waals surface area (Å²) in [6.45, 7) is 0.664. The van der Waals surface area contributed by atoms with Gasteiger partial charge in [-0.15, -0.1) is 0 Å². The molecule has 10 nitrogen and oxygen atoms in total. The van der Waals surface area contributed by atoms with Crippen LogP contribution in [0.15, 0.2) is 91.0 Å². The number of rotatable bonds is 16. The number of nitrogens with two attached hydrogens (primary N) is 3. The molecule has 0 bridgehead atoms. The molecule has 3 atom stereocenters. The third-order valence-electron chi connectivity index (χ3n) is 8.79. The van der Waals surface area contributed by atoms with Crippen molar-refractivity contribution in [3.8, 4) is 0 Å². The Bertz CT molecular complexity index is 1760. The Hall–Kier alpha value is -5.13. The van der Waals surface area contributed by atoms with Crippen LogP contribution in [-0.4, -0.2) is 72.2 Å². The van der Waals surface area contributed by atoms with E-state index in [2.05, 4.69) is 5.32 Å². The van der Waals surface area contributed by atoms with Crippen molar-refractivity contribution in [3.05, 3.63) is 119 Å². The van der Waals surface area contributed by atoms with Crippen LogP contribution in [0.3, 0.4) is 0 Å². The van der Waals surface area contributed by atoms with Gasteiger partial charge in [-0.25, -0.2) is 4.39 Å². The van der Waals surface area contributed by atoms with Gasteiger partial charge in [0.1, 0.15) is 23.9 Å². The van der Waals surface area contributed by atoms with Gasteiger partial charge in [0.25, 0.3) is 5.91 Å². The zero-order valence-corrected chi connectivity index (χ0v) is 28.0. The molecule has 0 unspecified atom stereocenters. The maximum absolute atomic E-state index is 14.6. The van der Waals surface area contributed by atoms with Gasteiger partial charge in [0.2, 0.25) is 17.7 Å². The van der Waals surface area contributed by atoms with Crippen molar-refractivity contribution in [1.29, 1.82) is 0 Å². The number of hydrogen-bond acceptors (Lipinski definition) is 6. The number of nitrogens with zero attached hydrogens (tertiary/aromatic N) is 2. The summed E-state index contributed by atoms with van der Waals surface area (Å²) < 4.78 is 13.8. The van der Waals surface area contributed by atoms with Crippen molar-refractivity contribution < 1.29 is 23.6 Å². The highest BCUT2D eigenvalue weighted by Crippen LogP contribution is 2.21. The van der Waals surface area contributed by atoms with Gasteiger partial charge < -0.3 is 32.3 Å². The third kappa shape index (κ3) is 9.71. The Labute approximate surface area is 286 Å². The number of carbonyl (C=O) groups is 4. The Morgan fingerprint density at radius 2 is 1.41 bits per heavy atom. The lowest BCUT2D eigenvalue weighted by Gasteiger charge is -2.35. The normalized spacial score (nSPS) is 12.9. The standard InChI is InChI=1S/C38H45FN6O4/c1-44(33(22-25-14-17-31(39)18-15-25)36(47)43-32(35(42)46)12-5-6-19-40)38(49)34(23-26-13-16-28-9-3-4-10-29(28)20-26)45(2)37(48)30-11-7-8-27(21-30)24-41/h3-4,7-11,13-18,20-21,32-34H,5-6,12,19,22-24,40-41H2,1-2H3,(H2,42,46)(H,43,47)/t32-,33+,34+/m0/s1. The van der Waals surface area contributed by atoms with Crippen molar-refractivity contribution in [2.45, 2.75) is 56.8 Å². The molecule has 0 aliphatic rings. The van der Waals surface area contributed by atoms with Crippen LogP contribution in [0.5, 0.6) is 0 Å². The zero-order valence-electron chi connectivity index (χ0n) is 28.0. The largest absolute Gasteiger partial charge is 0.368 e. The molecule has 4 amide bonds. The Morgan fingerprint density at radius 1 is 0.735 bits per heavy atom. The van der Waals surface area contributed by atoms with Crippen LogP contribution in [0.2, 0.25) is 0 Å². The first-order valence-electron chi connectivity index (χ1n) is 16.4. The summed E-state index contributed by atoms with van der Waals surface area (Å²) in [6, 6.07) is 23.1. The summed E-state index contributed by atoms with van der Waals surface area (Å²) in [5, 5.41) is 4.73. The second kappa shape index (κ2) is 17.3. The summed E-state index contributed by atoms with van der Waals surface area (Å²) in [6.07, 6.45) is 1.65. The van der Waals surface area contributed by atoms with E-state index in [4.69, 9.17) is 17.2 Å². The molecule has 4 rings (SSSR count). The van der Waals surface area contributed by atoms with Crippen LogP contribution in [0, 0.1) is 5.82 Å². The molecule has 0 aliphatic heterocycles. The van der Waals surface area contributed by atoms with Gasteiger partial charge in [0.05, 0.1) is 0 Å². The SMILES string of the molecule is CN(C(=O)c1cccc(CN)c1)[C@H](Cc1ccc2ccccc2c1)C(=O)N(C)[C@H](Cc1ccc(F)cc1)C(=O)N[C@@H](CCCCN)C(N)=O. The Kier molecular flexibility index (Phi) is 13.0. The van der Waals surface area contributed by atoms with Crippen molar-refractivity contribution in [2.24, 2.45) is 17.2 Å². The summed E-state index contributed by atoms with van der Waals surface area (Å²) >= 11 is 0. The van der Waals surface area contributed by atoms with Crippen LogP contribution >= 0.6 is 0 Å². The van der Waals surface area contributed by atoms with Crippen LogP contribution < -0.4 is 22.5 Å². The summed E-state index contributed by atoms with van der Waals surface area (Å²) in [7, 11) is 3.05. The van der Waals surface area contributed by atoms with Crippen molar-refractivity contribution in [2.75, 3.05) is 20.6 Å². The highest BCUT2D eigenvalue weighted by atomic mass is 19.1. The minimum absolute atomic E-state index is 0.0154. The van der Waals surface area contributed by atoms with Crippen molar-refractivity contribution >= 4 is 34.4 Å². The molecule has 0 saturated carbocycles. The number of likely N-dealkylation sites (N-methyl/N-ethyl adjacent to an activating group) is 2. The van der Waals surface area contributed by atoms with Gasteiger partial charge in [0.15, 0.2) is 0 Å². The highest BCUT2D eigenvalue weighted by Gasteiger charge is 2.36. The van der Waals surface area contributed by atoms with Crippen LogP contribution in [0.1, 0.15) is 46.3 Å². The molecule has 7 N–H and O–H groups in total. The van der Waals surface area contributed by atoms with E-state index in [0.717, 1.165) is 21.9 Å². The number of carbonyl (C=O) groups excluding carboxylic acids is 4. The number of amides is 4. The molecule has 4 aromatic carbocycles. The Balaban J connectivity index is 1.71. The Morgan fingerprint density at radius 3 is 2.08 bits per heavy atom. The summed E-state index contributed by atoms with van der Waals surface area (Å²) in [5.41, 5.74) is 19.6. The van der Waals surface area contributed by atoms with Crippen LogP contribution in [-0.2, 0) is 33.8 Å². The number of unbranched alkanes of at least 4 members (excludes halogenated alkanes) is 1. The molecule has 0 aromatic heterocycles. The van der Waals surface area contributed by atoms with E-state index < -0.39 is 47.6 Å². The lowest BCUT2D eigenvalue weighted by atomic mass is 9.97. The zero-order chi connectivity index (χ0) is 35.5. The molecule has 0 saturated heterocycles. The summed E-state index contributed by atoms with van der Waals surface area (Å²) in [4.78, 5) is 57.4. The van der Waals surface area contributed by atoms with E-state index >= 15 is 0 Å². The predicted molar refractivity (Wildman–Crippen MR) is 189 cm³/mol. The van der Waals surface area contributed by atoms with Gasteiger partial charge in [-0.2, -0.15) is 0 Å². The molecule has 0 heterocycles. The number of fused-ring (bicyclic) bond motifs is 1. The lowest BCUT2D eigenvalue weighted by Crippen LogP contribution is -2.58. The van der Waals surface area contributed by atoms with Gasteiger partial charge >= 0.3 is 0 Å². The van der Waals surface area contributed by atoms with E-state index in [-0.39, 0.29) is 25.8 Å². The molecule has 0 radical (unpaired) electrons. The second-order valence-electron chi connectivity index (χ2n) is 12.3. The molecule has 11 heteroatoms. The fraction of sp³-hybridized carbons (Fsp3) is 0.316. The predicted octanol–water partition coefficient (Wildman–Crippen LogP) is 3.29. The average Bonchev–Trinajstić information content (AvgIpc) is 3.11. The monoisotopic (exact) mass is 668 g/mol. The highest BCUT2D eigenvalue weighted by molar-refractivity contribution is 5.99. The quantitative estimate of drug-likeness (QED) is 0.134. The van der Waals surface area contributed by atoms with E-state index in [1.165, 1.54) is 41.1 Å². The van der Waals surface area contributed by atoms with E-state index in [9.17, 15) is 23.6 Å². The molecule has 0 spiro atoms. The van der Waals surface area contributed by atoms with Gasteiger partial charge in [-0.1, -0.05) is 66.7 Å². The number of hydrogen-bond donors (Lipinski definition) is 4. The van der Waals surface area contributed by atoms with Crippen molar-refractivity contribution in [1.82, 2.24) is 15.1 Å². The van der Waals surface area contributed by atoms with E-state index in [1.807, 2.05) is 48.5 Å². The number of benzene rings is 4. The first-order chi connectivity index (χ1) is 23.5. The number of primary amides is 1. The van der Waals surface area contributed by atoms with Gasteiger partial charge in [0, 0.05) is 39.0 Å². The van der Waals surface area contributed by atoms with Gasteiger partial charge in [-0.3, -0.25) is 19.2 Å². The minimum Gasteiger partial charge on any atom is -0.368 e. The fourth-order valence-corrected chi connectivity index (χ4v) is 5.84. The van der Waals surface area contributed by atoms with E-state index in [0.29, 0.717) is 30.5 Å². The molecule has 0 fully saturated rings. The summed E-state index contributed by atoms with van der Waals surface area (Å²) in [5.74, 6) is -2.65. The smallest absolute Gasteiger partial charge is 0.254 e. The molecule has 0 aliphatic carbocycles. The molecule has 4 aromatic rings. The van der Waals surface area contributed by atoms with Crippen molar-refractivity contribution in [3.63, 3.8) is 0 Å². The van der Waals surface area contributed by atoms with Crippen LogP contribution in [0.25, 0.3) is 10.8 Å². The van der Waals surface area contributed by atoms with Gasteiger partial charge in [-0.05, 0) is 77.5 Å². The topological polar surface area (TPSA) is 165 Å². The number of nitrogens with one attached hydrogen (secondary N) is 1. The maximum atomic E-state index is 14.6. The molecular formula is C38H45FN6O4. The average molecular weight is 669 g/mol. The van der Waals surface area contributed by atoms with E-state index in [1.54, 1.807) is 25.2 Å². The second-order valence-corrected chi connectivity index (χ2v) is 12.3. The number of halogens is 1. The van der Waals surface area contributed by atoms with Crippen LogP contribution in [0.4, 0.5) is 4.39 Å². The maximum Gasteiger partial charge on any atom is 0.254 e. The third-order valence-corrected chi connectivity index (χ3v) is 8.79. The first-order valence-corrected chi connectivity index (χ1v) is 16.4. The minimum atomic E-state index is -1.13.